The molecule has 0 aromatic heterocycles. The van der Waals surface area contributed by atoms with E-state index in [4.69, 9.17) is 10.5 Å². The Bertz CT molecular complexity index is 347. The topological polar surface area (TPSA) is 52.3 Å². The molecule has 0 bridgehead atoms. The molecule has 0 aliphatic heterocycles. The third kappa shape index (κ3) is 3.27. The monoisotopic (exact) mass is 207 g/mol. The number of benzene rings is 1. The first-order valence-electron chi connectivity index (χ1n) is 5.03. The SMILES string of the molecule is Cc1cccc(OC(C(N)=O)C(C)C)c1. The maximum atomic E-state index is 11.1. The molecule has 3 heteroatoms. The average Bonchev–Trinajstić information content (AvgIpc) is 2.13. The highest BCUT2D eigenvalue weighted by molar-refractivity contribution is 5.79. The molecule has 3 nitrogen and oxygen atoms in total. The molecule has 1 unspecified atom stereocenters. The molecule has 1 atom stereocenters. The minimum absolute atomic E-state index is 0.0722. The Balaban J connectivity index is 2.79. The number of carbonyl (C=O) groups excluding carboxylic acids is 1. The minimum Gasteiger partial charge on any atom is -0.480 e. The second-order valence-electron chi connectivity index (χ2n) is 4.00. The van der Waals surface area contributed by atoms with Crippen LogP contribution in [0.5, 0.6) is 5.75 Å². The van der Waals surface area contributed by atoms with Crippen molar-refractivity contribution in [3.63, 3.8) is 0 Å². The van der Waals surface area contributed by atoms with Crippen molar-refractivity contribution in [2.75, 3.05) is 0 Å². The zero-order chi connectivity index (χ0) is 11.4. The van der Waals surface area contributed by atoms with Gasteiger partial charge in [-0.1, -0.05) is 26.0 Å². The molecule has 15 heavy (non-hydrogen) atoms. The van der Waals surface area contributed by atoms with Gasteiger partial charge in [0, 0.05) is 0 Å². The van der Waals surface area contributed by atoms with Gasteiger partial charge in [-0.25, -0.2) is 0 Å². The van der Waals surface area contributed by atoms with Gasteiger partial charge in [0.25, 0.3) is 5.91 Å². The summed E-state index contributed by atoms with van der Waals surface area (Å²) in [4.78, 5) is 11.1. The maximum absolute atomic E-state index is 11.1. The fourth-order valence-corrected chi connectivity index (χ4v) is 1.36. The van der Waals surface area contributed by atoms with Gasteiger partial charge < -0.3 is 10.5 Å². The lowest BCUT2D eigenvalue weighted by Crippen LogP contribution is -2.37. The molecule has 0 aliphatic carbocycles. The van der Waals surface area contributed by atoms with E-state index >= 15 is 0 Å². The number of nitrogens with two attached hydrogens (primary N) is 1. The molecule has 0 saturated carbocycles. The summed E-state index contributed by atoms with van der Waals surface area (Å²) < 4.78 is 5.54. The Hall–Kier alpha value is -1.51. The van der Waals surface area contributed by atoms with E-state index in [0.29, 0.717) is 5.75 Å². The zero-order valence-corrected chi connectivity index (χ0v) is 9.36. The van der Waals surface area contributed by atoms with Crippen LogP contribution in [0.15, 0.2) is 24.3 Å². The third-order valence-electron chi connectivity index (χ3n) is 2.14. The second-order valence-corrected chi connectivity index (χ2v) is 4.00. The normalized spacial score (nSPS) is 12.5. The van der Waals surface area contributed by atoms with Crippen molar-refractivity contribution in [2.24, 2.45) is 11.7 Å². The van der Waals surface area contributed by atoms with Crippen LogP contribution in [0.3, 0.4) is 0 Å². The van der Waals surface area contributed by atoms with Crippen molar-refractivity contribution in [1.29, 1.82) is 0 Å². The van der Waals surface area contributed by atoms with Gasteiger partial charge in [-0.3, -0.25) is 4.79 Å². The number of carbonyl (C=O) groups is 1. The summed E-state index contributed by atoms with van der Waals surface area (Å²) >= 11 is 0. The number of primary amides is 1. The molecule has 0 fully saturated rings. The minimum atomic E-state index is -0.563. The molecule has 1 amide bonds. The lowest BCUT2D eigenvalue weighted by atomic mass is 10.1. The zero-order valence-electron chi connectivity index (χ0n) is 9.36. The van der Waals surface area contributed by atoms with E-state index in [2.05, 4.69) is 0 Å². The van der Waals surface area contributed by atoms with Gasteiger partial charge in [0.05, 0.1) is 0 Å². The molecule has 0 saturated heterocycles. The van der Waals surface area contributed by atoms with Crippen molar-refractivity contribution in [3.05, 3.63) is 29.8 Å². The molecular weight excluding hydrogens is 190 g/mol. The Morgan fingerprint density at radius 2 is 2.07 bits per heavy atom. The van der Waals surface area contributed by atoms with Gasteiger partial charge in [-0.2, -0.15) is 0 Å². The predicted molar refractivity (Wildman–Crippen MR) is 59.6 cm³/mol. The molecule has 1 aromatic carbocycles. The molecule has 0 heterocycles. The largest absolute Gasteiger partial charge is 0.480 e. The van der Waals surface area contributed by atoms with Crippen LogP contribution in [0.4, 0.5) is 0 Å². The van der Waals surface area contributed by atoms with Gasteiger partial charge in [0.2, 0.25) is 0 Å². The van der Waals surface area contributed by atoms with E-state index in [1.54, 1.807) is 0 Å². The van der Waals surface area contributed by atoms with Crippen molar-refractivity contribution in [3.8, 4) is 5.75 Å². The highest BCUT2D eigenvalue weighted by atomic mass is 16.5. The van der Waals surface area contributed by atoms with E-state index in [-0.39, 0.29) is 5.92 Å². The van der Waals surface area contributed by atoms with Gasteiger partial charge in [0.1, 0.15) is 5.75 Å². The first-order chi connectivity index (χ1) is 7.00. The molecule has 0 aliphatic rings. The number of amides is 1. The predicted octanol–water partition coefficient (Wildman–Crippen LogP) is 1.88. The number of hydrogen-bond donors (Lipinski definition) is 1. The van der Waals surface area contributed by atoms with Crippen LogP contribution in [0.25, 0.3) is 0 Å². The van der Waals surface area contributed by atoms with Crippen LogP contribution >= 0.6 is 0 Å². The molecule has 0 spiro atoms. The Morgan fingerprint density at radius 3 is 2.53 bits per heavy atom. The van der Waals surface area contributed by atoms with Crippen molar-refractivity contribution >= 4 is 5.91 Å². The number of aryl methyl sites for hydroxylation is 1. The molecular formula is C12H17NO2. The summed E-state index contributed by atoms with van der Waals surface area (Å²) in [7, 11) is 0. The standard InChI is InChI=1S/C12H17NO2/c1-8(2)11(12(13)14)15-10-6-4-5-9(3)7-10/h4-8,11H,1-3H3,(H2,13,14). The highest BCUT2D eigenvalue weighted by Gasteiger charge is 2.21. The summed E-state index contributed by atoms with van der Waals surface area (Å²) in [6, 6.07) is 7.58. The lowest BCUT2D eigenvalue weighted by Gasteiger charge is -2.19. The molecule has 82 valence electrons. The van der Waals surface area contributed by atoms with E-state index in [1.165, 1.54) is 0 Å². The van der Waals surface area contributed by atoms with Crippen LogP contribution in [0, 0.1) is 12.8 Å². The summed E-state index contributed by atoms with van der Waals surface area (Å²) in [6.45, 7) is 5.79. The number of ether oxygens (including phenoxy) is 1. The molecule has 2 N–H and O–H groups in total. The summed E-state index contributed by atoms with van der Waals surface area (Å²) in [5.41, 5.74) is 6.36. The molecule has 1 aromatic rings. The Labute approximate surface area is 90.2 Å². The Morgan fingerprint density at radius 1 is 1.40 bits per heavy atom. The van der Waals surface area contributed by atoms with Crippen LogP contribution in [-0.2, 0) is 4.79 Å². The number of rotatable bonds is 4. The van der Waals surface area contributed by atoms with E-state index in [9.17, 15) is 4.79 Å². The Kier molecular flexibility index (Phi) is 3.72. The van der Waals surface area contributed by atoms with Gasteiger partial charge in [0.15, 0.2) is 6.10 Å². The summed E-state index contributed by atoms with van der Waals surface area (Å²) in [6.07, 6.45) is -0.563. The fourth-order valence-electron chi connectivity index (χ4n) is 1.36. The summed E-state index contributed by atoms with van der Waals surface area (Å²) in [5.74, 6) is 0.335. The second kappa shape index (κ2) is 4.82. The average molecular weight is 207 g/mol. The van der Waals surface area contributed by atoms with Crippen LogP contribution < -0.4 is 10.5 Å². The first kappa shape index (κ1) is 11.6. The highest BCUT2D eigenvalue weighted by Crippen LogP contribution is 2.17. The van der Waals surface area contributed by atoms with E-state index in [0.717, 1.165) is 5.56 Å². The van der Waals surface area contributed by atoms with Crippen LogP contribution in [-0.4, -0.2) is 12.0 Å². The lowest BCUT2D eigenvalue weighted by molar-refractivity contribution is -0.126. The van der Waals surface area contributed by atoms with E-state index in [1.807, 2.05) is 45.0 Å². The molecule has 0 radical (unpaired) electrons. The first-order valence-corrected chi connectivity index (χ1v) is 5.03. The van der Waals surface area contributed by atoms with Crippen molar-refractivity contribution in [1.82, 2.24) is 0 Å². The van der Waals surface area contributed by atoms with Crippen molar-refractivity contribution in [2.45, 2.75) is 26.9 Å². The smallest absolute Gasteiger partial charge is 0.258 e. The summed E-state index contributed by atoms with van der Waals surface area (Å²) in [5, 5.41) is 0. The molecule has 1 rings (SSSR count). The van der Waals surface area contributed by atoms with E-state index < -0.39 is 12.0 Å². The fraction of sp³-hybridized carbons (Fsp3) is 0.417. The van der Waals surface area contributed by atoms with Crippen LogP contribution in [0.1, 0.15) is 19.4 Å². The van der Waals surface area contributed by atoms with Crippen molar-refractivity contribution < 1.29 is 9.53 Å². The van der Waals surface area contributed by atoms with Gasteiger partial charge in [-0.05, 0) is 30.5 Å². The van der Waals surface area contributed by atoms with Gasteiger partial charge >= 0.3 is 0 Å². The number of hydrogen-bond acceptors (Lipinski definition) is 2. The quantitative estimate of drug-likeness (QED) is 0.819. The van der Waals surface area contributed by atoms with Gasteiger partial charge in [-0.15, -0.1) is 0 Å². The van der Waals surface area contributed by atoms with Crippen LogP contribution in [0.2, 0.25) is 0 Å². The maximum Gasteiger partial charge on any atom is 0.258 e. The third-order valence-corrected chi connectivity index (χ3v) is 2.14.